The van der Waals surface area contributed by atoms with E-state index in [9.17, 15) is 10.2 Å². The van der Waals surface area contributed by atoms with E-state index in [2.05, 4.69) is 9.55 Å². The van der Waals surface area contributed by atoms with Crippen molar-refractivity contribution in [3.05, 3.63) is 41.4 Å². The Labute approximate surface area is 126 Å². The summed E-state index contributed by atoms with van der Waals surface area (Å²) in [6, 6.07) is 10.6. The number of benzene rings is 2. The molecule has 1 aromatic heterocycles. The maximum atomic E-state index is 9.70. The molecule has 3 aromatic rings. The normalized spacial score (nSPS) is 14.7. The summed E-state index contributed by atoms with van der Waals surface area (Å²) in [5.41, 5.74) is 2.55. The number of fused-ring (bicyclic) bond motifs is 1. The van der Waals surface area contributed by atoms with Crippen LogP contribution in [0.1, 0.15) is 18.9 Å². The fraction of sp³-hybridized carbons (Fsp3) is 0.188. The van der Waals surface area contributed by atoms with Gasteiger partial charge < -0.3 is 14.8 Å². The van der Waals surface area contributed by atoms with E-state index in [1.807, 2.05) is 18.2 Å². The molecular weight excluding hydrogens is 288 g/mol. The third kappa shape index (κ3) is 2.12. The average Bonchev–Trinajstić information content (AvgIpc) is 3.18. The summed E-state index contributed by atoms with van der Waals surface area (Å²) in [5.74, 6) is 0.802. The molecule has 0 saturated heterocycles. The minimum Gasteiger partial charge on any atom is -0.508 e. The van der Waals surface area contributed by atoms with Crippen LogP contribution in [-0.4, -0.2) is 19.8 Å². The van der Waals surface area contributed by atoms with Gasteiger partial charge in [0.1, 0.15) is 17.3 Å². The Morgan fingerprint density at radius 3 is 2.43 bits per heavy atom. The SMILES string of the molecule is Oc1cc(O)cc(-c2nc3ccc(Cl)cc3n2C2CC2)c1. The topological polar surface area (TPSA) is 58.3 Å². The van der Waals surface area contributed by atoms with Gasteiger partial charge in [-0.05, 0) is 43.2 Å². The van der Waals surface area contributed by atoms with Gasteiger partial charge in [-0.2, -0.15) is 0 Å². The van der Waals surface area contributed by atoms with Crippen molar-refractivity contribution in [2.45, 2.75) is 18.9 Å². The van der Waals surface area contributed by atoms with Crippen LogP contribution >= 0.6 is 11.6 Å². The smallest absolute Gasteiger partial charge is 0.141 e. The Morgan fingerprint density at radius 1 is 1.05 bits per heavy atom. The van der Waals surface area contributed by atoms with Crippen LogP contribution in [-0.2, 0) is 0 Å². The van der Waals surface area contributed by atoms with Crippen molar-refractivity contribution in [3.8, 4) is 22.9 Å². The van der Waals surface area contributed by atoms with Gasteiger partial charge >= 0.3 is 0 Å². The van der Waals surface area contributed by atoms with Gasteiger partial charge in [0.05, 0.1) is 11.0 Å². The van der Waals surface area contributed by atoms with Gasteiger partial charge in [0.15, 0.2) is 0 Å². The van der Waals surface area contributed by atoms with Crippen molar-refractivity contribution >= 4 is 22.6 Å². The molecule has 1 saturated carbocycles. The molecule has 2 N–H and O–H groups in total. The molecule has 1 aliphatic rings. The molecule has 106 valence electrons. The van der Waals surface area contributed by atoms with Crippen LogP contribution in [0.5, 0.6) is 11.5 Å². The molecule has 1 aliphatic carbocycles. The largest absolute Gasteiger partial charge is 0.508 e. The lowest BCUT2D eigenvalue weighted by Gasteiger charge is -2.08. The van der Waals surface area contributed by atoms with Crippen LogP contribution in [0, 0.1) is 0 Å². The Morgan fingerprint density at radius 2 is 1.76 bits per heavy atom. The first-order valence-electron chi connectivity index (χ1n) is 6.83. The molecular formula is C16H13ClN2O2. The second-order valence-electron chi connectivity index (χ2n) is 5.41. The lowest BCUT2D eigenvalue weighted by molar-refractivity contribution is 0.451. The van der Waals surface area contributed by atoms with Gasteiger partial charge in [-0.1, -0.05) is 11.6 Å². The number of aromatic hydroxyl groups is 2. The average molecular weight is 301 g/mol. The Balaban J connectivity index is 2.01. The Hall–Kier alpha value is -2.20. The zero-order valence-corrected chi connectivity index (χ0v) is 11.9. The summed E-state index contributed by atoms with van der Waals surface area (Å²) in [6.07, 6.45) is 2.21. The van der Waals surface area contributed by atoms with Crippen LogP contribution in [0.3, 0.4) is 0 Å². The number of aromatic nitrogens is 2. The standard InChI is InChI=1S/C16H13ClN2O2/c17-10-1-4-14-15(7-10)19(11-2-3-11)16(18-14)9-5-12(20)8-13(21)6-9/h1,4-8,11,20-21H,2-3H2. The summed E-state index contributed by atoms with van der Waals surface area (Å²) < 4.78 is 2.15. The first-order chi connectivity index (χ1) is 10.1. The molecule has 4 rings (SSSR count). The number of nitrogens with zero attached hydrogens (tertiary/aromatic N) is 2. The molecule has 1 fully saturated rings. The van der Waals surface area contributed by atoms with E-state index < -0.39 is 0 Å². The van der Waals surface area contributed by atoms with Crippen LogP contribution in [0.25, 0.3) is 22.4 Å². The summed E-state index contributed by atoms with van der Waals surface area (Å²) in [6.45, 7) is 0. The second kappa shape index (κ2) is 4.40. The van der Waals surface area contributed by atoms with Crippen LogP contribution < -0.4 is 0 Å². The monoisotopic (exact) mass is 300 g/mol. The van der Waals surface area contributed by atoms with E-state index in [0.717, 1.165) is 29.7 Å². The third-order valence-electron chi connectivity index (χ3n) is 3.72. The van der Waals surface area contributed by atoms with Crippen LogP contribution in [0.4, 0.5) is 0 Å². The van der Waals surface area contributed by atoms with Crippen LogP contribution in [0.15, 0.2) is 36.4 Å². The molecule has 4 nitrogen and oxygen atoms in total. The van der Waals surface area contributed by atoms with E-state index in [1.165, 1.54) is 6.07 Å². The first-order valence-corrected chi connectivity index (χ1v) is 7.20. The predicted molar refractivity (Wildman–Crippen MR) is 81.8 cm³/mol. The molecule has 0 amide bonds. The van der Waals surface area contributed by atoms with Crippen LogP contribution in [0.2, 0.25) is 5.02 Å². The predicted octanol–water partition coefficient (Wildman–Crippen LogP) is 4.10. The molecule has 0 atom stereocenters. The second-order valence-corrected chi connectivity index (χ2v) is 5.84. The number of hydrogen-bond donors (Lipinski definition) is 2. The number of halogens is 1. The summed E-state index contributed by atoms with van der Waals surface area (Å²) in [5, 5.41) is 20.1. The third-order valence-corrected chi connectivity index (χ3v) is 3.96. The number of hydrogen-bond acceptors (Lipinski definition) is 3. The molecule has 0 bridgehead atoms. The number of phenols is 2. The van der Waals surface area contributed by atoms with Crippen molar-refractivity contribution in [1.29, 1.82) is 0 Å². The van der Waals surface area contributed by atoms with E-state index in [0.29, 0.717) is 16.6 Å². The van der Waals surface area contributed by atoms with E-state index in [-0.39, 0.29) is 11.5 Å². The van der Waals surface area contributed by atoms with Gasteiger partial charge in [-0.15, -0.1) is 0 Å². The summed E-state index contributed by atoms with van der Waals surface area (Å²) in [4.78, 5) is 4.65. The number of rotatable bonds is 2. The summed E-state index contributed by atoms with van der Waals surface area (Å²) in [7, 11) is 0. The maximum Gasteiger partial charge on any atom is 0.141 e. The van der Waals surface area contributed by atoms with Gasteiger partial charge in [0, 0.05) is 22.7 Å². The van der Waals surface area contributed by atoms with Crippen molar-refractivity contribution in [3.63, 3.8) is 0 Å². The van der Waals surface area contributed by atoms with Gasteiger partial charge in [-0.3, -0.25) is 0 Å². The molecule has 0 radical (unpaired) electrons. The fourth-order valence-corrected chi connectivity index (χ4v) is 2.86. The first kappa shape index (κ1) is 12.5. The van der Waals surface area contributed by atoms with Crippen molar-refractivity contribution < 1.29 is 10.2 Å². The van der Waals surface area contributed by atoms with Crippen molar-refractivity contribution in [1.82, 2.24) is 9.55 Å². The van der Waals surface area contributed by atoms with Gasteiger partial charge in [0.2, 0.25) is 0 Å². The summed E-state index contributed by atoms with van der Waals surface area (Å²) >= 11 is 6.10. The molecule has 5 heteroatoms. The minimum absolute atomic E-state index is 0.0254. The maximum absolute atomic E-state index is 9.70. The van der Waals surface area contributed by atoms with Gasteiger partial charge in [0.25, 0.3) is 0 Å². The molecule has 0 unspecified atom stereocenters. The van der Waals surface area contributed by atoms with Gasteiger partial charge in [-0.25, -0.2) is 4.98 Å². The van der Waals surface area contributed by atoms with Crippen molar-refractivity contribution in [2.24, 2.45) is 0 Å². The molecule has 0 aliphatic heterocycles. The highest BCUT2D eigenvalue weighted by molar-refractivity contribution is 6.31. The highest BCUT2D eigenvalue weighted by atomic mass is 35.5. The van der Waals surface area contributed by atoms with Crippen molar-refractivity contribution in [2.75, 3.05) is 0 Å². The zero-order valence-electron chi connectivity index (χ0n) is 11.1. The quantitative estimate of drug-likeness (QED) is 0.749. The molecule has 21 heavy (non-hydrogen) atoms. The lowest BCUT2D eigenvalue weighted by Crippen LogP contribution is -1.97. The molecule has 2 aromatic carbocycles. The van der Waals surface area contributed by atoms with E-state index >= 15 is 0 Å². The molecule has 0 spiro atoms. The number of phenolic OH excluding ortho intramolecular Hbond substituents is 2. The molecule has 1 heterocycles. The fourth-order valence-electron chi connectivity index (χ4n) is 2.70. The highest BCUT2D eigenvalue weighted by Gasteiger charge is 2.29. The van der Waals surface area contributed by atoms with E-state index in [1.54, 1.807) is 12.1 Å². The minimum atomic E-state index is 0.0254. The Kier molecular flexibility index (Phi) is 2.62. The van der Waals surface area contributed by atoms with E-state index in [4.69, 9.17) is 11.6 Å². The number of imidazole rings is 1. The Bertz CT molecular complexity index is 833. The lowest BCUT2D eigenvalue weighted by atomic mass is 10.2. The zero-order chi connectivity index (χ0) is 14.6. The highest BCUT2D eigenvalue weighted by Crippen LogP contribution is 2.42.